The fourth-order valence-corrected chi connectivity index (χ4v) is 0.843. The highest BCUT2D eigenvalue weighted by atomic mass is 15.5. The van der Waals surface area contributed by atoms with Crippen molar-refractivity contribution in [2.45, 2.75) is 13.0 Å². The van der Waals surface area contributed by atoms with Gasteiger partial charge in [-0.25, -0.2) is 5.01 Å². The molecule has 0 aromatic carbocycles. The lowest BCUT2D eigenvalue weighted by Gasteiger charge is -1.97. The van der Waals surface area contributed by atoms with Gasteiger partial charge in [-0.2, -0.15) is 5.84 Å². The highest BCUT2D eigenvalue weighted by molar-refractivity contribution is 4.57. The van der Waals surface area contributed by atoms with Crippen LogP contribution in [-0.2, 0) is 0 Å². The van der Waals surface area contributed by atoms with Crippen molar-refractivity contribution in [2.24, 2.45) is 5.84 Å². The third kappa shape index (κ3) is 1.12. The van der Waals surface area contributed by atoms with Crippen LogP contribution in [-0.4, -0.2) is 19.3 Å². The third-order valence-electron chi connectivity index (χ3n) is 1.25. The topological polar surface area (TPSA) is 42.5 Å². The molecule has 1 saturated heterocycles. The zero-order chi connectivity index (χ0) is 5.28. The third-order valence-corrected chi connectivity index (χ3v) is 1.25. The molecule has 0 aromatic rings. The summed E-state index contributed by atoms with van der Waals surface area (Å²) < 4.78 is 0. The van der Waals surface area contributed by atoms with Crippen molar-refractivity contribution in [1.29, 1.82) is 0 Å². The second kappa shape index (κ2) is 1.78. The van der Waals surface area contributed by atoms with Gasteiger partial charge in [-0.15, -0.1) is 0 Å². The van der Waals surface area contributed by atoms with Gasteiger partial charge in [-0.1, -0.05) is 0 Å². The van der Waals surface area contributed by atoms with E-state index in [1.54, 1.807) is 0 Å². The summed E-state index contributed by atoms with van der Waals surface area (Å²) in [6.07, 6.45) is 0. The predicted octanol–water partition coefficient (Wildman–Crippen LogP) is -2.31. The maximum absolute atomic E-state index is 5.48. The molecule has 3 nitrogen and oxygen atoms in total. The molecule has 3 heteroatoms. The van der Waals surface area contributed by atoms with Crippen LogP contribution >= 0.6 is 0 Å². The number of hydrogen-bond donors (Lipinski definition) is 3. The molecule has 0 amide bonds. The summed E-state index contributed by atoms with van der Waals surface area (Å²) in [6, 6.07) is 0.611. The largest absolute Gasteiger partial charge is 0.261 e. The Labute approximate surface area is 43.4 Å². The molecule has 7 heavy (non-hydrogen) atoms. The van der Waals surface area contributed by atoms with Crippen molar-refractivity contribution in [3.05, 3.63) is 0 Å². The van der Waals surface area contributed by atoms with Gasteiger partial charge < -0.3 is 0 Å². The van der Waals surface area contributed by atoms with Gasteiger partial charge in [0, 0.05) is 0 Å². The Kier molecular flexibility index (Phi) is 1.27. The monoisotopic (exact) mass is 102 g/mol. The van der Waals surface area contributed by atoms with E-state index in [1.807, 2.05) is 0 Å². The Morgan fingerprint density at radius 2 is 2.57 bits per heavy atom. The van der Waals surface area contributed by atoms with Crippen LogP contribution in [0, 0.1) is 0 Å². The summed E-state index contributed by atoms with van der Waals surface area (Å²) in [7, 11) is 0. The average molecular weight is 102 g/mol. The van der Waals surface area contributed by atoms with Gasteiger partial charge in [0.05, 0.1) is 6.04 Å². The van der Waals surface area contributed by atoms with E-state index >= 15 is 0 Å². The molecule has 1 fully saturated rings. The Hall–Kier alpha value is -0.120. The first kappa shape index (κ1) is 5.03. The molecule has 2 unspecified atom stereocenters. The first-order valence-electron chi connectivity index (χ1n) is 2.62. The zero-order valence-electron chi connectivity index (χ0n) is 4.57. The molecule has 4 N–H and O–H groups in total. The van der Waals surface area contributed by atoms with E-state index in [4.69, 9.17) is 5.84 Å². The van der Waals surface area contributed by atoms with E-state index in [0.29, 0.717) is 6.04 Å². The summed E-state index contributed by atoms with van der Waals surface area (Å²) in [6.45, 7) is 4.11. The minimum Gasteiger partial charge on any atom is -0.261 e. The molecule has 0 aromatic heterocycles. The lowest BCUT2D eigenvalue weighted by Crippen LogP contribution is -3.16. The van der Waals surface area contributed by atoms with E-state index in [1.165, 1.54) is 0 Å². The van der Waals surface area contributed by atoms with E-state index in [0.717, 1.165) is 18.2 Å². The van der Waals surface area contributed by atoms with Gasteiger partial charge in [0.15, 0.2) is 0 Å². The molecule has 42 valence electrons. The number of hydrogen-bond acceptors (Lipinski definition) is 2. The quantitative estimate of drug-likeness (QED) is 0.301. The lowest BCUT2D eigenvalue weighted by molar-refractivity contribution is -0.901. The Balaban J connectivity index is 2.26. The van der Waals surface area contributed by atoms with E-state index in [2.05, 4.69) is 12.2 Å². The van der Waals surface area contributed by atoms with Crippen molar-refractivity contribution in [3.8, 4) is 0 Å². The molecule has 1 aliphatic heterocycles. The molecule has 0 radical (unpaired) electrons. The fourth-order valence-electron chi connectivity index (χ4n) is 0.843. The Morgan fingerprint density at radius 1 is 1.86 bits per heavy atom. The van der Waals surface area contributed by atoms with E-state index in [9.17, 15) is 0 Å². The van der Waals surface area contributed by atoms with Crippen molar-refractivity contribution in [1.82, 2.24) is 5.32 Å². The maximum Gasteiger partial charge on any atom is 0.148 e. The summed E-state index contributed by atoms with van der Waals surface area (Å²) in [5.74, 6) is 5.48. The van der Waals surface area contributed by atoms with Gasteiger partial charge >= 0.3 is 0 Å². The molecule has 0 bridgehead atoms. The maximum atomic E-state index is 5.48. The minimum atomic E-state index is 0.611. The molecule has 2 atom stereocenters. The predicted molar refractivity (Wildman–Crippen MR) is 27.5 cm³/mol. The SMILES string of the molecule is CC1C[NH+](N)CN1. The minimum absolute atomic E-state index is 0.611. The molecule has 1 aliphatic rings. The van der Waals surface area contributed by atoms with Crippen molar-refractivity contribution >= 4 is 0 Å². The molecule has 0 aliphatic carbocycles. The van der Waals surface area contributed by atoms with Crippen LogP contribution in [0.15, 0.2) is 0 Å². The van der Waals surface area contributed by atoms with Crippen LogP contribution in [0.4, 0.5) is 0 Å². The second-order valence-corrected chi connectivity index (χ2v) is 2.14. The van der Waals surface area contributed by atoms with Crippen LogP contribution in [0.5, 0.6) is 0 Å². The number of nitrogens with two attached hydrogens (primary N) is 1. The average Bonchev–Trinajstić information content (AvgIpc) is 1.87. The lowest BCUT2D eigenvalue weighted by atomic mass is 10.4. The standard InChI is InChI=1S/C4H11N3/c1-4-2-7(5)3-6-4/h4,6H,2-3,5H2,1H3/p+1. The summed E-state index contributed by atoms with van der Waals surface area (Å²) in [5, 5.41) is 4.30. The Morgan fingerprint density at radius 3 is 2.71 bits per heavy atom. The van der Waals surface area contributed by atoms with E-state index < -0.39 is 0 Å². The second-order valence-electron chi connectivity index (χ2n) is 2.14. The molecule has 0 spiro atoms. The van der Waals surface area contributed by atoms with Gasteiger partial charge in [-0.3, -0.25) is 5.32 Å². The van der Waals surface area contributed by atoms with Gasteiger partial charge in [0.2, 0.25) is 0 Å². The van der Waals surface area contributed by atoms with Crippen molar-refractivity contribution < 1.29 is 5.01 Å². The number of nitrogens with one attached hydrogen (secondary N) is 2. The molecular weight excluding hydrogens is 90.1 g/mol. The van der Waals surface area contributed by atoms with E-state index in [-0.39, 0.29) is 0 Å². The fraction of sp³-hybridized carbons (Fsp3) is 1.00. The smallest absolute Gasteiger partial charge is 0.148 e. The highest BCUT2D eigenvalue weighted by Crippen LogP contribution is 1.74. The summed E-state index contributed by atoms with van der Waals surface area (Å²) in [5.41, 5.74) is 0. The Bertz CT molecular complexity index is 56.0. The molecule has 1 rings (SSSR count). The van der Waals surface area contributed by atoms with Gasteiger partial charge in [0.1, 0.15) is 13.2 Å². The summed E-state index contributed by atoms with van der Waals surface area (Å²) in [4.78, 5) is 0. The molecular formula is C4H12N3+. The normalized spacial score (nSPS) is 42.0. The van der Waals surface area contributed by atoms with Crippen molar-refractivity contribution in [3.63, 3.8) is 0 Å². The highest BCUT2D eigenvalue weighted by Gasteiger charge is 2.16. The van der Waals surface area contributed by atoms with Crippen LogP contribution in [0.3, 0.4) is 0 Å². The van der Waals surface area contributed by atoms with Crippen LogP contribution < -0.4 is 16.2 Å². The number of rotatable bonds is 0. The van der Waals surface area contributed by atoms with Crippen LogP contribution in [0.2, 0.25) is 0 Å². The van der Waals surface area contributed by atoms with Gasteiger partial charge in [-0.05, 0) is 6.92 Å². The van der Waals surface area contributed by atoms with Crippen molar-refractivity contribution in [2.75, 3.05) is 13.2 Å². The first-order chi connectivity index (χ1) is 3.29. The van der Waals surface area contributed by atoms with Crippen LogP contribution in [0.1, 0.15) is 6.92 Å². The van der Waals surface area contributed by atoms with Gasteiger partial charge in [0.25, 0.3) is 0 Å². The molecule has 1 heterocycles. The zero-order valence-corrected chi connectivity index (χ0v) is 4.57. The first-order valence-corrected chi connectivity index (χ1v) is 2.62. The molecule has 0 saturated carbocycles. The number of quaternary nitrogens is 1. The van der Waals surface area contributed by atoms with Crippen LogP contribution in [0.25, 0.3) is 0 Å². The summed E-state index contributed by atoms with van der Waals surface area (Å²) >= 11 is 0.